The number of aliphatic hydroxyl groups is 1. The third-order valence-corrected chi connectivity index (χ3v) is 2.96. The number of nitrogens with one attached hydrogen (secondary N) is 1. The second kappa shape index (κ2) is 6.25. The molecule has 0 aliphatic carbocycles. The van der Waals surface area contributed by atoms with Crippen molar-refractivity contribution < 1.29 is 14.6 Å². The molecule has 0 radical (unpaired) electrons. The van der Waals surface area contributed by atoms with Gasteiger partial charge in [-0.15, -0.1) is 0 Å². The lowest BCUT2D eigenvalue weighted by Gasteiger charge is -2.11. The Morgan fingerprint density at radius 3 is 2.80 bits per heavy atom. The molecule has 1 heterocycles. The Labute approximate surface area is 117 Å². The van der Waals surface area contributed by atoms with Crippen LogP contribution >= 0.6 is 0 Å². The Morgan fingerprint density at radius 2 is 2.20 bits per heavy atom. The quantitative estimate of drug-likeness (QED) is 0.878. The minimum atomic E-state index is -0.189. The molecule has 106 valence electrons. The lowest BCUT2D eigenvalue weighted by molar-refractivity contribution is 0.101. The predicted molar refractivity (Wildman–Crippen MR) is 76.9 cm³/mol. The summed E-state index contributed by atoms with van der Waals surface area (Å²) in [4.78, 5) is 12.1. The zero-order valence-corrected chi connectivity index (χ0v) is 11.6. The van der Waals surface area contributed by atoms with E-state index < -0.39 is 0 Å². The number of ether oxygens (including phenoxy) is 1. The van der Waals surface area contributed by atoms with E-state index in [1.807, 2.05) is 26.2 Å². The molecule has 5 heteroatoms. The Hall–Kier alpha value is -2.27. The molecular weight excluding hydrogens is 256 g/mol. The van der Waals surface area contributed by atoms with E-state index in [1.165, 1.54) is 0 Å². The van der Waals surface area contributed by atoms with E-state index in [0.717, 1.165) is 0 Å². The summed E-state index contributed by atoms with van der Waals surface area (Å²) in [5.41, 5.74) is 1.85. The van der Waals surface area contributed by atoms with Crippen LogP contribution < -0.4 is 10.1 Å². The van der Waals surface area contributed by atoms with Crippen LogP contribution in [0.2, 0.25) is 0 Å². The molecule has 0 spiro atoms. The second-order valence-corrected chi connectivity index (χ2v) is 4.37. The number of amides is 1. The average Bonchev–Trinajstić information content (AvgIpc) is 2.87. The van der Waals surface area contributed by atoms with Crippen molar-refractivity contribution >= 4 is 11.6 Å². The smallest absolute Gasteiger partial charge is 0.272 e. The van der Waals surface area contributed by atoms with E-state index in [9.17, 15) is 9.90 Å². The summed E-state index contributed by atoms with van der Waals surface area (Å²) in [6.07, 6.45) is 1.81. The molecule has 0 saturated heterocycles. The van der Waals surface area contributed by atoms with Gasteiger partial charge in [-0.3, -0.25) is 4.79 Å². The van der Waals surface area contributed by atoms with Crippen LogP contribution in [0.25, 0.3) is 0 Å². The van der Waals surface area contributed by atoms with E-state index >= 15 is 0 Å². The summed E-state index contributed by atoms with van der Waals surface area (Å²) < 4.78 is 7.15. The van der Waals surface area contributed by atoms with Crippen LogP contribution in [0.5, 0.6) is 5.75 Å². The Morgan fingerprint density at radius 1 is 1.40 bits per heavy atom. The first-order valence-corrected chi connectivity index (χ1v) is 6.45. The number of aliphatic hydroxyl groups excluding tert-OH is 1. The molecular formula is C15H18N2O3. The molecule has 0 aliphatic heterocycles. The van der Waals surface area contributed by atoms with Crippen LogP contribution in [0, 0.1) is 0 Å². The number of carbonyl (C=O) groups is 1. The van der Waals surface area contributed by atoms with Gasteiger partial charge in [-0.25, -0.2) is 0 Å². The van der Waals surface area contributed by atoms with Crippen LogP contribution in [0.15, 0.2) is 36.5 Å². The molecule has 20 heavy (non-hydrogen) atoms. The maximum absolute atomic E-state index is 12.1. The van der Waals surface area contributed by atoms with Crippen molar-refractivity contribution in [1.82, 2.24) is 4.57 Å². The number of rotatable bonds is 5. The molecule has 1 aromatic heterocycles. The minimum Gasteiger partial charge on any atom is -0.494 e. The van der Waals surface area contributed by atoms with Crippen molar-refractivity contribution in [3.8, 4) is 5.75 Å². The molecule has 2 rings (SSSR count). The molecule has 0 atom stereocenters. The van der Waals surface area contributed by atoms with E-state index in [4.69, 9.17) is 4.74 Å². The number of benzene rings is 1. The van der Waals surface area contributed by atoms with E-state index in [0.29, 0.717) is 29.3 Å². The van der Waals surface area contributed by atoms with E-state index in [1.54, 1.807) is 28.8 Å². The largest absolute Gasteiger partial charge is 0.494 e. The SMILES string of the molecule is CCOc1ccc(NC(=O)c2cccn2C)cc1CO. The van der Waals surface area contributed by atoms with Gasteiger partial charge >= 0.3 is 0 Å². The van der Waals surface area contributed by atoms with Gasteiger partial charge in [0, 0.05) is 24.5 Å². The van der Waals surface area contributed by atoms with E-state index in [-0.39, 0.29) is 12.5 Å². The van der Waals surface area contributed by atoms with Crippen molar-refractivity contribution in [2.75, 3.05) is 11.9 Å². The van der Waals surface area contributed by atoms with Crippen LogP contribution in [0.3, 0.4) is 0 Å². The molecule has 0 fully saturated rings. The van der Waals surface area contributed by atoms with Crippen molar-refractivity contribution in [2.45, 2.75) is 13.5 Å². The number of hydrogen-bond donors (Lipinski definition) is 2. The van der Waals surface area contributed by atoms with Gasteiger partial charge in [0.25, 0.3) is 5.91 Å². The van der Waals surface area contributed by atoms with Crippen LogP contribution in [0.4, 0.5) is 5.69 Å². The summed E-state index contributed by atoms with van der Waals surface area (Å²) in [6, 6.07) is 8.77. The van der Waals surface area contributed by atoms with Crippen molar-refractivity contribution in [2.24, 2.45) is 7.05 Å². The maximum atomic E-state index is 12.1. The second-order valence-electron chi connectivity index (χ2n) is 4.37. The predicted octanol–water partition coefficient (Wildman–Crippen LogP) is 2.17. The van der Waals surface area contributed by atoms with Crippen LogP contribution in [-0.2, 0) is 13.7 Å². The average molecular weight is 274 g/mol. The number of aryl methyl sites for hydroxylation is 1. The molecule has 0 saturated carbocycles. The number of nitrogens with zero attached hydrogens (tertiary/aromatic N) is 1. The number of hydrogen-bond acceptors (Lipinski definition) is 3. The van der Waals surface area contributed by atoms with Gasteiger partial charge in [-0.1, -0.05) is 0 Å². The highest BCUT2D eigenvalue weighted by Gasteiger charge is 2.10. The molecule has 5 nitrogen and oxygen atoms in total. The fourth-order valence-corrected chi connectivity index (χ4v) is 1.97. The first-order valence-electron chi connectivity index (χ1n) is 6.45. The Kier molecular flexibility index (Phi) is 4.42. The summed E-state index contributed by atoms with van der Waals surface area (Å²) in [7, 11) is 1.81. The van der Waals surface area contributed by atoms with Gasteiger partial charge in [0.2, 0.25) is 0 Å². The van der Waals surface area contributed by atoms with Gasteiger partial charge in [0.1, 0.15) is 11.4 Å². The molecule has 0 aliphatic rings. The van der Waals surface area contributed by atoms with Gasteiger partial charge < -0.3 is 19.7 Å². The highest BCUT2D eigenvalue weighted by Crippen LogP contribution is 2.23. The van der Waals surface area contributed by atoms with Gasteiger partial charge in [-0.05, 0) is 37.3 Å². The number of anilines is 1. The monoisotopic (exact) mass is 274 g/mol. The fraction of sp³-hybridized carbons (Fsp3) is 0.267. The van der Waals surface area contributed by atoms with Crippen LogP contribution in [-0.4, -0.2) is 22.2 Å². The lowest BCUT2D eigenvalue weighted by Crippen LogP contribution is -2.15. The number of aromatic nitrogens is 1. The third kappa shape index (κ3) is 3.00. The molecule has 2 N–H and O–H groups in total. The minimum absolute atomic E-state index is 0.136. The summed E-state index contributed by atoms with van der Waals surface area (Å²) in [5.74, 6) is 0.442. The summed E-state index contributed by atoms with van der Waals surface area (Å²) >= 11 is 0. The van der Waals surface area contributed by atoms with E-state index in [2.05, 4.69) is 5.32 Å². The van der Waals surface area contributed by atoms with Crippen molar-refractivity contribution in [3.05, 3.63) is 47.8 Å². The standard InChI is InChI=1S/C15H18N2O3/c1-3-20-14-7-6-12(9-11(14)10-18)16-15(19)13-5-4-8-17(13)2/h4-9,18H,3,10H2,1-2H3,(H,16,19). The number of carbonyl (C=O) groups excluding carboxylic acids is 1. The topological polar surface area (TPSA) is 63.5 Å². The van der Waals surface area contributed by atoms with Gasteiger partial charge in [0.05, 0.1) is 13.2 Å². The zero-order chi connectivity index (χ0) is 14.5. The first-order chi connectivity index (χ1) is 9.65. The van der Waals surface area contributed by atoms with Crippen LogP contribution in [0.1, 0.15) is 23.0 Å². The maximum Gasteiger partial charge on any atom is 0.272 e. The molecule has 0 bridgehead atoms. The van der Waals surface area contributed by atoms with Crippen molar-refractivity contribution in [3.63, 3.8) is 0 Å². The normalized spacial score (nSPS) is 10.3. The zero-order valence-electron chi connectivity index (χ0n) is 11.6. The summed E-state index contributed by atoms with van der Waals surface area (Å²) in [5, 5.41) is 12.1. The molecule has 2 aromatic rings. The highest BCUT2D eigenvalue weighted by atomic mass is 16.5. The van der Waals surface area contributed by atoms with Gasteiger partial charge in [0.15, 0.2) is 0 Å². The van der Waals surface area contributed by atoms with Crippen molar-refractivity contribution in [1.29, 1.82) is 0 Å². The molecule has 1 aromatic carbocycles. The lowest BCUT2D eigenvalue weighted by atomic mass is 10.2. The third-order valence-electron chi connectivity index (χ3n) is 2.96. The first kappa shape index (κ1) is 14.1. The summed E-state index contributed by atoms with van der Waals surface area (Å²) in [6.45, 7) is 2.28. The Balaban J connectivity index is 2.18. The highest BCUT2D eigenvalue weighted by molar-refractivity contribution is 6.03. The Bertz CT molecular complexity index is 605. The molecule has 1 amide bonds. The fourth-order valence-electron chi connectivity index (χ4n) is 1.97. The van der Waals surface area contributed by atoms with Gasteiger partial charge in [-0.2, -0.15) is 0 Å². The molecule has 0 unspecified atom stereocenters.